The van der Waals surface area contributed by atoms with Gasteiger partial charge in [-0.3, -0.25) is 9.59 Å². The molecule has 10 heteroatoms. The van der Waals surface area contributed by atoms with Crippen molar-refractivity contribution in [2.24, 2.45) is 0 Å². The van der Waals surface area contributed by atoms with Crippen molar-refractivity contribution in [3.8, 4) is 11.3 Å². The molecule has 5 aromatic rings. The average molecular weight is 669 g/mol. The topological polar surface area (TPSA) is 71.1 Å². The number of carbonyl (C=O) groups excluding carboxylic acids is 2. The number of rotatable bonds is 8. The van der Waals surface area contributed by atoms with Crippen LogP contribution in [0.3, 0.4) is 0 Å². The summed E-state index contributed by atoms with van der Waals surface area (Å²) >= 11 is 18.4. The van der Waals surface area contributed by atoms with E-state index in [2.05, 4.69) is 31.5 Å². The Bertz CT molecular complexity index is 1660. The maximum Gasteiger partial charge on any atom is 0.257 e. The van der Waals surface area contributed by atoms with E-state index < -0.39 is 5.25 Å². The number of anilines is 2. The van der Waals surface area contributed by atoms with Crippen LogP contribution < -0.4 is 10.6 Å². The average Bonchev–Trinajstić information content (AvgIpc) is 3.41. The Labute approximate surface area is 258 Å². The molecule has 5 rings (SSSR count). The van der Waals surface area contributed by atoms with Gasteiger partial charge >= 0.3 is 0 Å². The Morgan fingerprint density at radius 3 is 2.40 bits per heavy atom. The number of thiazole rings is 1. The molecular formula is C30H20BrCl2N3O2S2. The molecule has 0 aliphatic rings. The fraction of sp³-hybridized carbons (Fsp3) is 0.0333. The van der Waals surface area contributed by atoms with Crippen LogP contribution in [0.5, 0.6) is 0 Å². The molecule has 0 saturated heterocycles. The minimum absolute atomic E-state index is 0.199. The highest BCUT2D eigenvalue weighted by Gasteiger charge is 2.23. The van der Waals surface area contributed by atoms with E-state index in [1.165, 1.54) is 29.2 Å². The van der Waals surface area contributed by atoms with Gasteiger partial charge in [0.15, 0.2) is 5.13 Å². The van der Waals surface area contributed by atoms with Crippen LogP contribution >= 0.6 is 62.2 Å². The molecule has 0 spiro atoms. The fourth-order valence-electron chi connectivity index (χ4n) is 3.81. The molecule has 1 heterocycles. The van der Waals surface area contributed by atoms with Gasteiger partial charge in [-0.25, -0.2) is 4.98 Å². The quantitative estimate of drug-likeness (QED) is 0.162. The first kappa shape index (κ1) is 28.4. The lowest BCUT2D eigenvalue weighted by molar-refractivity contribution is -0.115. The summed E-state index contributed by atoms with van der Waals surface area (Å²) in [6.45, 7) is 0. The molecule has 5 nitrogen and oxygen atoms in total. The van der Waals surface area contributed by atoms with Crippen molar-refractivity contribution < 1.29 is 9.59 Å². The predicted molar refractivity (Wildman–Crippen MR) is 170 cm³/mol. The van der Waals surface area contributed by atoms with Crippen LogP contribution in [0.4, 0.5) is 10.8 Å². The molecule has 40 heavy (non-hydrogen) atoms. The minimum atomic E-state index is -0.558. The van der Waals surface area contributed by atoms with Gasteiger partial charge in [-0.15, -0.1) is 23.1 Å². The zero-order chi connectivity index (χ0) is 28.1. The van der Waals surface area contributed by atoms with E-state index >= 15 is 0 Å². The van der Waals surface area contributed by atoms with Crippen molar-refractivity contribution in [3.05, 3.63) is 128 Å². The molecule has 2 amide bonds. The van der Waals surface area contributed by atoms with Gasteiger partial charge < -0.3 is 10.6 Å². The molecule has 0 bridgehead atoms. The number of benzene rings is 4. The second kappa shape index (κ2) is 13.0. The second-order valence-corrected chi connectivity index (χ2v) is 12.3. The normalized spacial score (nSPS) is 11.6. The third kappa shape index (κ3) is 7.13. The highest BCUT2D eigenvalue weighted by Crippen LogP contribution is 2.38. The van der Waals surface area contributed by atoms with Crippen LogP contribution in [0.2, 0.25) is 10.0 Å². The van der Waals surface area contributed by atoms with Crippen LogP contribution in [0.25, 0.3) is 11.3 Å². The number of hydrogen-bond donors (Lipinski definition) is 2. The summed E-state index contributed by atoms with van der Waals surface area (Å²) in [4.78, 5) is 31.8. The van der Waals surface area contributed by atoms with Gasteiger partial charge in [0, 0.05) is 31.0 Å². The van der Waals surface area contributed by atoms with Crippen LogP contribution in [0, 0.1) is 0 Å². The summed E-state index contributed by atoms with van der Waals surface area (Å²) in [7, 11) is 0. The molecule has 4 aromatic carbocycles. The standard InChI is InChI=1S/C30H20BrCl2N3O2S2/c31-20-11-9-18(10-12-20)26-17-39-30(35-26)36-29(38)27(19-5-2-1-3-6-19)40-23-8-4-7-22(16-23)34-28(37)24-14-13-21(32)15-25(24)33/h1-17,27H,(H,34,37)(H,35,36,38). The molecule has 0 aliphatic carbocycles. The Morgan fingerprint density at radius 2 is 1.65 bits per heavy atom. The van der Waals surface area contributed by atoms with E-state index in [1.54, 1.807) is 18.2 Å². The zero-order valence-electron chi connectivity index (χ0n) is 20.6. The van der Waals surface area contributed by atoms with Gasteiger partial charge in [0.05, 0.1) is 16.3 Å². The first-order chi connectivity index (χ1) is 19.4. The van der Waals surface area contributed by atoms with E-state index in [0.717, 1.165) is 26.2 Å². The molecule has 1 atom stereocenters. The van der Waals surface area contributed by atoms with Crippen LogP contribution in [-0.2, 0) is 4.79 Å². The third-order valence-corrected chi connectivity index (χ3v) is 8.82. The summed E-state index contributed by atoms with van der Waals surface area (Å²) in [5, 5.41) is 8.45. The number of nitrogens with one attached hydrogen (secondary N) is 2. The molecule has 2 N–H and O–H groups in total. The van der Waals surface area contributed by atoms with Crippen LogP contribution in [-0.4, -0.2) is 16.8 Å². The molecule has 0 aliphatic heterocycles. The lowest BCUT2D eigenvalue weighted by atomic mass is 10.1. The Morgan fingerprint density at radius 1 is 0.875 bits per heavy atom. The number of aromatic nitrogens is 1. The van der Waals surface area contributed by atoms with Gasteiger partial charge in [-0.2, -0.15) is 0 Å². The van der Waals surface area contributed by atoms with E-state index in [1.807, 2.05) is 78.2 Å². The lowest BCUT2D eigenvalue weighted by Gasteiger charge is -2.17. The second-order valence-electron chi connectivity index (χ2n) is 8.55. The number of amides is 2. The summed E-state index contributed by atoms with van der Waals surface area (Å²) in [5.74, 6) is -0.554. The Balaban J connectivity index is 1.34. The van der Waals surface area contributed by atoms with Gasteiger partial charge in [0.2, 0.25) is 5.91 Å². The first-order valence-electron chi connectivity index (χ1n) is 12.0. The van der Waals surface area contributed by atoms with Crippen LogP contribution in [0.1, 0.15) is 21.2 Å². The van der Waals surface area contributed by atoms with Crippen LogP contribution in [0.15, 0.2) is 112 Å². The van der Waals surface area contributed by atoms with Crippen molar-refractivity contribution in [1.29, 1.82) is 0 Å². The van der Waals surface area contributed by atoms with Crippen molar-refractivity contribution in [2.45, 2.75) is 10.1 Å². The number of carbonyl (C=O) groups is 2. The zero-order valence-corrected chi connectivity index (χ0v) is 25.3. The van der Waals surface area contributed by atoms with E-state index in [4.69, 9.17) is 23.2 Å². The van der Waals surface area contributed by atoms with Gasteiger partial charge in [-0.05, 0) is 54.1 Å². The number of nitrogens with zero attached hydrogens (tertiary/aromatic N) is 1. The van der Waals surface area contributed by atoms with E-state index in [9.17, 15) is 9.59 Å². The monoisotopic (exact) mass is 667 g/mol. The number of hydrogen-bond acceptors (Lipinski definition) is 5. The molecule has 1 unspecified atom stereocenters. The molecule has 200 valence electrons. The van der Waals surface area contributed by atoms with Crippen molar-refractivity contribution in [2.75, 3.05) is 10.6 Å². The number of halogens is 3. The van der Waals surface area contributed by atoms with Gasteiger partial charge in [0.1, 0.15) is 5.25 Å². The summed E-state index contributed by atoms with van der Waals surface area (Å²) in [6.07, 6.45) is 0. The van der Waals surface area contributed by atoms with Gasteiger partial charge in [0.25, 0.3) is 5.91 Å². The predicted octanol–water partition coefficient (Wildman–Crippen LogP) is 9.60. The smallest absolute Gasteiger partial charge is 0.257 e. The molecular weight excluding hydrogens is 649 g/mol. The fourth-order valence-corrected chi connectivity index (χ4v) is 6.38. The molecule has 0 fully saturated rings. The van der Waals surface area contributed by atoms with Crippen molar-refractivity contribution in [3.63, 3.8) is 0 Å². The van der Waals surface area contributed by atoms with Crippen molar-refractivity contribution >= 4 is 84.9 Å². The largest absolute Gasteiger partial charge is 0.322 e. The lowest BCUT2D eigenvalue weighted by Crippen LogP contribution is -2.19. The molecule has 1 aromatic heterocycles. The maximum absolute atomic E-state index is 13.6. The Kier molecular flexibility index (Phi) is 9.24. The summed E-state index contributed by atoms with van der Waals surface area (Å²) in [5.41, 5.74) is 3.50. The van der Waals surface area contributed by atoms with Crippen molar-refractivity contribution in [1.82, 2.24) is 4.98 Å². The summed E-state index contributed by atoms with van der Waals surface area (Å²) < 4.78 is 0.986. The minimum Gasteiger partial charge on any atom is -0.322 e. The van der Waals surface area contributed by atoms with Gasteiger partial charge in [-0.1, -0.05) is 87.7 Å². The summed E-state index contributed by atoms with van der Waals surface area (Å²) in [6, 6.07) is 29.4. The van der Waals surface area contributed by atoms with E-state index in [0.29, 0.717) is 21.4 Å². The first-order valence-corrected chi connectivity index (χ1v) is 15.3. The number of thioether (sulfide) groups is 1. The molecule has 0 saturated carbocycles. The maximum atomic E-state index is 13.6. The molecule has 0 radical (unpaired) electrons. The van der Waals surface area contributed by atoms with E-state index in [-0.39, 0.29) is 16.8 Å². The third-order valence-electron chi connectivity index (χ3n) is 5.74. The highest BCUT2D eigenvalue weighted by atomic mass is 79.9. The SMILES string of the molecule is O=C(Nc1cccc(SC(C(=O)Nc2nc(-c3ccc(Br)cc3)cs2)c2ccccc2)c1)c1ccc(Cl)cc1Cl. The highest BCUT2D eigenvalue weighted by molar-refractivity contribution is 9.10. The Hall–Kier alpha value is -3.14.